The Balaban J connectivity index is 2.11. The number of allylic oxidation sites excluding steroid dienone is 2. The number of fused-ring (bicyclic) bond motifs is 1. The lowest BCUT2D eigenvalue weighted by atomic mass is 9.90. The highest BCUT2D eigenvalue weighted by molar-refractivity contribution is 5.82. The molecule has 0 spiro atoms. The lowest BCUT2D eigenvalue weighted by molar-refractivity contribution is -0.142. The van der Waals surface area contributed by atoms with Crippen LogP contribution in [0.5, 0.6) is 0 Å². The van der Waals surface area contributed by atoms with Crippen LogP contribution in [0.3, 0.4) is 0 Å². The fourth-order valence-corrected chi connectivity index (χ4v) is 3.10. The van der Waals surface area contributed by atoms with Crippen molar-refractivity contribution in [2.45, 2.75) is 57.3 Å². The minimum atomic E-state index is -0.717. The van der Waals surface area contributed by atoms with Gasteiger partial charge in [0.2, 0.25) is 0 Å². The van der Waals surface area contributed by atoms with Crippen molar-refractivity contribution in [1.29, 1.82) is 0 Å². The van der Waals surface area contributed by atoms with Crippen molar-refractivity contribution in [3.05, 3.63) is 24.3 Å². The number of rotatable bonds is 0. The summed E-state index contributed by atoms with van der Waals surface area (Å²) in [5, 5.41) is 20.0. The number of hydrogen-bond acceptors (Lipinski definition) is 4. The molecule has 0 aromatic heterocycles. The Bertz CT molecular complexity index is 388. The average Bonchev–Trinajstić information content (AvgIpc) is 2.76. The molecule has 0 saturated heterocycles. The third-order valence-electron chi connectivity index (χ3n) is 4.19. The molecule has 2 aliphatic rings. The number of aliphatic hydroxyl groups is 2. The zero-order valence-corrected chi connectivity index (χ0v) is 11.9. The minimum Gasteiger partial charge on any atom is -0.460 e. The molecule has 0 unspecified atom stereocenters. The second-order valence-corrected chi connectivity index (χ2v) is 5.91. The van der Waals surface area contributed by atoms with Gasteiger partial charge in [-0.05, 0) is 56.9 Å². The molecule has 1 aliphatic heterocycles. The predicted molar refractivity (Wildman–Crippen MR) is 75.9 cm³/mol. The minimum absolute atomic E-state index is 0.0246. The first kappa shape index (κ1) is 15.3. The first-order valence-corrected chi connectivity index (χ1v) is 7.48. The summed E-state index contributed by atoms with van der Waals surface area (Å²) in [6.45, 7) is 1.89. The van der Waals surface area contributed by atoms with Crippen molar-refractivity contribution in [3.63, 3.8) is 0 Å². The Morgan fingerprint density at radius 2 is 2.05 bits per heavy atom. The van der Waals surface area contributed by atoms with Crippen molar-refractivity contribution >= 4 is 5.97 Å². The molecular weight excluding hydrogens is 256 g/mol. The highest BCUT2D eigenvalue weighted by Gasteiger charge is 2.35. The van der Waals surface area contributed by atoms with Gasteiger partial charge in [0.1, 0.15) is 0 Å². The molecule has 2 rings (SSSR count). The normalized spacial score (nSPS) is 39.4. The van der Waals surface area contributed by atoms with E-state index in [1.165, 1.54) is 12.2 Å². The number of aliphatic hydroxyl groups excluding tert-OH is 2. The number of ether oxygens (including phenoxy) is 1. The molecule has 0 amide bonds. The summed E-state index contributed by atoms with van der Waals surface area (Å²) in [6.07, 6.45) is 9.87. The largest absolute Gasteiger partial charge is 0.460 e. The molecule has 1 aliphatic carbocycles. The molecule has 0 aromatic rings. The van der Waals surface area contributed by atoms with Gasteiger partial charge in [0, 0.05) is 6.08 Å². The number of esters is 1. The van der Waals surface area contributed by atoms with Gasteiger partial charge >= 0.3 is 5.97 Å². The summed E-state index contributed by atoms with van der Waals surface area (Å²) in [4.78, 5) is 11.6. The van der Waals surface area contributed by atoms with E-state index in [4.69, 9.17) is 4.74 Å². The number of hydrogen-bond donors (Lipinski definition) is 2. The summed E-state index contributed by atoms with van der Waals surface area (Å²) in [7, 11) is 0. The maximum atomic E-state index is 11.6. The smallest absolute Gasteiger partial charge is 0.330 e. The Labute approximate surface area is 120 Å². The van der Waals surface area contributed by atoms with E-state index in [9.17, 15) is 15.0 Å². The van der Waals surface area contributed by atoms with Gasteiger partial charge in [0.25, 0.3) is 0 Å². The fraction of sp³-hybridized carbons (Fsp3) is 0.688. The number of cyclic esters (lactones) is 1. The Kier molecular flexibility index (Phi) is 5.38. The molecule has 4 heteroatoms. The van der Waals surface area contributed by atoms with Crippen molar-refractivity contribution in [1.82, 2.24) is 0 Å². The van der Waals surface area contributed by atoms with E-state index in [2.05, 4.69) is 12.2 Å². The lowest BCUT2D eigenvalue weighted by Crippen LogP contribution is -2.21. The topological polar surface area (TPSA) is 66.8 Å². The molecule has 2 N–H and O–H groups in total. The van der Waals surface area contributed by atoms with E-state index >= 15 is 0 Å². The average molecular weight is 280 g/mol. The van der Waals surface area contributed by atoms with Crippen LogP contribution in [-0.4, -0.2) is 34.5 Å². The van der Waals surface area contributed by atoms with E-state index in [1.807, 2.05) is 6.92 Å². The summed E-state index contributed by atoms with van der Waals surface area (Å²) in [6, 6.07) is 0. The second kappa shape index (κ2) is 7.04. The first-order valence-electron chi connectivity index (χ1n) is 7.48. The molecule has 4 nitrogen and oxygen atoms in total. The summed E-state index contributed by atoms with van der Waals surface area (Å²) < 4.78 is 5.23. The van der Waals surface area contributed by atoms with Crippen molar-refractivity contribution < 1.29 is 19.7 Å². The van der Waals surface area contributed by atoms with E-state index in [-0.39, 0.29) is 24.0 Å². The Morgan fingerprint density at radius 1 is 1.25 bits per heavy atom. The molecule has 20 heavy (non-hydrogen) atoms. The van der Waals surface area contributed by atoms with Gasteiger partial charge in [-0.3, -0.25) is 0 Å². The molecule has 0 bridgehead atoms. The van der Waals surface area contributed by atoms with Crippen LogP contribution in [0.2, 0.25) is 0 Å². The van der Waals surface area contributed by atoms with Crippen LogP contribution in [0.1, 0.15) is 39.0 Å². The van der Waals surface area contributed by atoms with Gasteiger partial charge in [-0.2, -0.15) is 0 Å². The molecule has 1 fully saturated rings. The Hall–Kier alpha value is -1.13. The summed E-state index contributed by atoms with van der Waals surface area (Å²) in [5.74, 6) is -0.249. The van der Waals surface area contributed by atoms with E-state index < -0.39 is 12.1 Å². The fourth-order valence-electron chi connectivity index (χ4n) is 3.10. The molecule has 1 saturated carbocycles. The van der Waals surface area contributed by atoms with Crippen LogP contribution in [0, 0.1) is 11.8 Å². The Morgan fingerprint density at radius 3 is 2.85 bits per heavy atom. The summed E-state index contributed by atoms with van der Waals surface area (Å²) in [5.41, 5.74) is 0. The highest BCUT2D eigenvalue weighted by Crippen LogP contribution is 2.36. The van der Waals surface area contributed by atoms with E-state index in [0.29, 0.717) is 12.8 Å². The lowest BCUT2D eigenvalue weighted by Gasteiger charge is -2.19. The van der Waals surface area contributed by atoms with Crippen LogP contribution in [0.25, 0.3) is 0 Å². The van der Waals surface area contributed by atoms with Crippen LogP contribution >= 0.6 is 0 Å². The van der Waals surface area contributed by atoms with Gasteiger partial charge in [-0.25, -0.2) is 4.79 Å². The van der Waals surface area contributed by atoms with Gasteiger partial charge < -0.3 is 14.9 Å². The maximum absolute atomic E-state index is 11.6. The van der Waals surface area contributed by atoms with Gasteiger partial charge in [-0.1, -0.05) is 12.2 Å². The maximum Gasteiger partial charge on any atom is 0.330 e. The van der Waals surface area contributed by atoms with Crippen LogP contribution in [0.4, 0.5) is 0 Å². The zero-order chi connectivity index (χ0) is 14.5. The SMILES string of the molecule is C[C@@H]1CCCC=C[C@@H]2C[C@H](O)C[C@H]2[C@@H](O)C=CC(=O)O1. The van der Waals surface area contributed by atoms with E-state index in [0.717, 1.165) is 19.3 Å². The summed E-state index contributed by atoms with van der Waals surface area (Å²) >= 11 is 0. The van der Waals surface area contributed by atoms with Gasteiger partial charge in [0.05, 0.1) is 18.3 Å². The quantitative estimate of drug-likeness (QED) is 0.526. The molecule has 1 heterocycles. The molecular formula is C16H24O4. The second-order valence-electron chi connectivity index (χ2n) is 5.91. The molecule has 0 aromatic carbocycles. The van der Waals surface area contributed by atoms with Crippen LogP contribution in [-0.2, 0) is 9.53 Å². The molecule has 112 valence electrons. The monoisotopic (exact) mass is 280 g/mol. The first-order chi connectivity index (χ1) is 9.56. The van der Waals surface area contributed by atoms with Crippen molar-refractivity contribution in [2.24, 2.45) is 11.8 Å². The zero-order valence-electron chi connectivity index (χ0n) is 11.9. The van der Waals surface area contributed by atoms with Crippen molar-refractivity contribution in [2.75, 3.05) is 0 Å². The third-order valence-corrected chi connectivity index (χ3v) is 4.19. The van der Waals surface area contributed by atoms with Crippen LogP contribution in [0.15, 0.2) is 24.3 Å². The predicted octanol–water partition coefficient (Wildman–Crippen LogP) is 1.96. The molecule has 5 atom stereocenters. The highest BCUT2D eigenvalue weighted by atomic mass is 16.5. The molecule has 0 radical (unpaired) electrons. The van der Waals surface area contributed by atoms with Crippen LogP contribution < -0.4 is 0 Å². The third kappa shape index (κ3) is 4.18. The number of carbonyl (C=O) groups is 1. The van der Waals surface area contributed by atoms with Gasteiger partial charge in [0.15, 0.2) is 0 Å². The van der Waals surface area contributed by atoms with E-state index in [1.54, 1.807) is 0 Å². The van der Waals surface area contributed by atoms with Gasteiger partial charge in [-0.15, -0.1) is 0 Å². The number of carbonyl (C=O) groups excluding carboxylic acids is 1. The van der Waals surface area contributed by atoms with Crippen molar-refractivity contribution in [3.8, 4) is 0 Å². The standard InChI is InChI=1S/C16H24O4/c1-11-5-3-2-4-6-12-9-13(17)10-14(12)15(18)7-8-16(19)20-11/h4,6-8,11-15,17-18H,2-3,5,9-10H2,1H3/t11-,12-,13+,14-,15+/m1/s1.